The van der Waals surface area contributed by atoms with Gasteiger partial charge in [-0.25, -0.2) is 4.98 Å². The predicted molar refractivity (Wildman–Crippen MR) is 101 cm³/mol. The van der Waals surface area contributed by atoms with Crippen molar-refractivity contribution in [2.75, 3.05) is 5.32 Å². The van der Waals surface area contributed by atoms with Crippen LogP contribution in [0.1, 0.15) is 26.3 Å². The molecule has 0 aliphatic rings. The lowest BCUT2D eigenvalue weighted by Crippen LogP contribution is -2.10. The Morgan fingerprint density at radius 3 is 2.38 bits per heavy atom. The minimum Gasteiger partial charge on any atom is -0.436 e. The highest BCUT2D eigenvalue weighted by Crippen LogP contribution is 2.29. The molecule has 5 heteroatoms. The van der Waals surface area contributed by atoms with Gasteiger partial charge >= 0.3 is 0 Å². The van der Waals surface area contributed by atoms with Crippen LogP contribution in [-0.2, 0) is 5.41 Å². The molecule has 0 atom stereocenters. The maximum Gasteiger partial charge on any atom is 0.227 e. The molecule has 5 nitrogen and oxygen atoms in total. The molecule has 1 aromatic heterocycles. The lowest BCUT2D eigenvalue weighted by molar-refractivity contribution is 0.589. The molecule has 0 saturated carbocycles. The van der Waals surface area contributed by atoms with E-state index in [0.717, 1.165) is 11.1 Å². The number of benzene rings is 2. The van der Waals surface area contributed by atoms with Crippen molar-refractivity contribution in [3.63, 3.8) is 0 Å². The molecule has 1 N–H and O–H groups in total. The van der Waals surface area contributed by atoms with Crippen molar-refractivity contribution in [3.05, 3.63) is 59.8 Å². The number of allylic oxidation sites excluding steroid dienone is 1. The largest absolute Gasteiger partial charge is 0.436 e. The molecule has 0 fully saturated rings. The lowest BCUT2D eigenvalue weighted by atomic mass is 9.87. The van der Waals surface area contributed by atoms with Crippen LogP contribution >= 0.6 is 0 Å². The van der Waals surface area contributed by atoms with Crippen LogP contribution in [0.25, 0.3) is 22.6 Å². The highest BCUT2D eigenvalue weighted by atomic mass is 16.3. The monoisotopic (exact) mass is 342 g/mol. The van der Waals surface area contributed by atoms with E-state index < -0.39 is 0 Å². The van der Waals surface area contributed by atoms with Crippen LogP contribution in [0.3, 0.4) is 0 Å². The summed E-state index contributed by atoms with van der Waals surface area (Å²) in [5.74, 6) is 0.558. The summed E-state index contributed by atoms with van der Waals surface area (Å²) in [6.07, 6.45) is 1.36. The number of hydrogen-bond acceptors (Lipinski definition) is 5. The van der Waals surface area contributed by atoms with Crippen molar-refractivity contribution in [1.82, 2.24) is 4.98 Å². The van der Waals surface area contributed by atoms with Crippen LogP contribution in [0.15, 0.2) is 58.7 Å². The van der Waals surface area contributed by atoms with E-state index in [1.54, 1.807) is 18.2 Å². The molecule has 0 radical (unpaired) electrons. The van der Waals surface area contributed by atoms with Gasteiger partial charge in [0.15, 0.2) is 5.58 Å². The highest BCUT2D eigenvalue weighted by molar-refractivity contribution is 5.80. The summed E-state index contributed by atoms with van der Waals surface area (Å²) < 4.78 is 5.88. The van der Waals surface area contributed by atoms with Gasteiger partial charge in [0.1, 0.15) is 23.2 Å². The molecule has 128 valence electrons. The van der Waals surface area contributed by atoms with E-state index in [1.807, 2.05) is 24.3 Å². The van der Waals surface area contributed by atoms with Crippen molar-refractivity contribution in [2.24, 2.45) is 0 Å². The summed E-state index contributed by atoms with van der Waals surface area (Å²) in [7, 11) is 0. The van der Waals surface area contributed by atoms with Crippen LogP contribution in [0.4, 0.5) is 5.69 Å². The first kappa shape index (κ1) is 17.3. The first-order valence-corrected chi connectivity index (χ1v) is 8.19. The molecule has 0 amide bonds. The van der Waals surface area contributed by atoms with Gasteiger partial charge in [-0.15, -0.1) is 0 Å². The Bertz CT molecular complexity index is 1040. The van der Waals surface area contributed by atoms with E-state index in [1.165, 1.54) is 11.8 Å². The summed E-state index contributed by atoms with van der Waals surface area (Å²) in [4.78, 5) is 4.53. The lowest BCUT2D eigenvalue weighted by Gasteiger charge is -2.18. The molecule has 0 unspecified atom stereocenters. The van der Waals surface area contributed by atoms with E-state index in [4.69, 9.17) is 14.9 Å². The Morgan fingerprint density at radius 1 is 1.08 bits per heavy atom. The zero-order chi connectivity index (χ0) is 18.7. The van der Waals surface area contributed by atoms with Gasteiger partial charge < -0.3 is 9.73 Å². The normalized spacial score (nSPS) is 10.8. The Kier molecular flexibility index (Phi) is 4.47. The number of nitrogens with one attached hydrogen (secondary N) is 1. The average Bonchev–Trinajstić information content (AvgIpc) is 3.05. The van der Waals surface area contributed by atoms with Crippen LogP contribution in [0, 0.1) is 22.7 Å². The summed E-state index contributed by atoms with van der Waals surface area (Å²) in [5, 5.41) is 20.4. The van der Waals surface area contributed by atoms with Gasteiger partial charge in [-0.05, 0) is 35.2 Å². The molecule has 0 bridgehead atoms. The smallest absolute Gasteiger partial charge is 0.227 e. The molecular formula is C21H18N4O. The zero-order valence-electron chi connectivity index (χ0n) is 14.9. The fraction of sp³-hybridized carbons (Fsp3) is 0.190. The van der Waals surface area contributed by atoms with Crippen molar-refractivity contribution in [1.29, 1.82) is 10.5 Å². The van der Waals surface area contributed by atoms with Crippen LogP contribution < -0.4 is 5.32 Å². The highest BCUT2D eigenvalue weighted by Gasteiger charge is 2.14. The predicted octanol–water partition coefficient (Wildman–Crippen LogP) is 5.14. The van der Waals surface area contributed by atoms with Gasteiger partial charge in [-0.1, -0.05) is 32.9 Å². The van der Waals surface area contributed by atoms with Gasteiger partial charge in [-0.2, -0.15) is 10.5 Å². The van der Waals surface area contributed by atoms with Crippen LogP contribution in [0.2, 0.25) is 0 Å². The molecule has 0 aliphatic heterocycles. The van der Waals surface area contributed by atoms with Gasteiger partial charge in [0, 0.05) is 23.5 Å². The first-order valence-electron chi connectivity index (χ1n) is 8.19. The topological polar surface area (TPSA) is 85.6 Å². The second-order valence-corrected chi connectivity index (χ2v) is 6.95. The second kappa shape index (κ2) is 6.74. The minimum absolute atomic E-state index is 0.00212. The Balaban J connectivity index is 1.89. The van der Waals surface area contributed by atoms with Gasteiger partial charge in [0.2, 0.25) is 5.89 Å². The Hall–Kier alpha value is -3.57. The minimum atomic E-state index is 0.00212. The maximum absolute atomic E-state index is 8.77. The van der Waals surface area contributed by atoms with Crippen LogP contribution in [-0.4, -0.2) is 4.98 Å². The summed E-state index contributed by atoms with van der Waals surface area (Å²) in [6.45, 7) is 6.53. The van der Waals surface area contributed by atoms with E-state index in [2.05, 4.69) is 43.2 Å². The molecule has 3 aromatic rings. The third-order valence-corrected chi connectivity index (χ3v) is 4.01. The molecule has 0 aliphatic carbocycles. The first-order chi connectivity index (χ1) is 12.4. The van der Waals surface area contributed by atoms with E-state index in [9.17, 15) is 0 Å². The quantitative estimate of drug-likeness (QED) is 0.666. The fourth-order valence-electron chi connectivity index (χ4n) is 2.50. The number of aromatic nitrogens is 1. The summed E-state index contributed by atoms with van der Waals surface area (Å²) in [5.41, 5.74) is 4.36. The third-order valence-electron chi connectivity index (χ3n) is 4.01. The number of nitrogens with zero attached hydrogens (tertiary/aromatic N) is 3. The number of rotatable bonds is 3. The van der Waals surface area contributed by atoms with E-state index in [0.29, 0.717) is 17.2 Å². The number of fused-ring (bicyclic) bond motifs is 1. The zero-order valence-corrected chi connectivity index (χ0v) is 14.9. The SMILES string of the molecule is CC(C)(C)c1ccc(-c2nc3ccc(NC=C(C#N)C#N)cc3o2)cc1. The molecule has 2 aromatic carbocycles. The van der Waals surface area contributed by atoms with Gasteiger partial charge in [0.25, 0.3) is 0 Å². The number of oxazole rings is 1. The molecule has 26 heavy (non-hydrogen) atoms. The molecular weight excluding hydrogens is 324 g/mol. The number of hydrogen-bond donors (Lipinski definition) is 1. The number of anilines is 1. The van der Waals surface area contributed by atoms with E-state index >= 15 is 0 Å². The third kappa shape index (κ3) is 3.58. The van der Waals surface area contributed by atoms with Crippen LogP contribution in [0.5, 0.6) is 0 Å². The maximum atomic E-state index is 8.77. The molecule has 0 saturated heterocycles. The Morgan fingerprint density at radius 2 is 1.77 bits per heavy atom. The van der Waals surface area contributed by atoms with Crippen molar-refractivity contribution >= 4 is 16.8 Å². The fourth-order valence-corrected chi connectivity index (χ4v) is 2.50. The Labute approximate surface area is 152 Å². The van der Waals surface area contributed by atoms with Crippen molar-refractivity contribution < 1.29 is 4.42 Å². The summed E-state index contributed by atoms with van der Waals surface area (Å²) in [6, 6.07) is 17.3. The average molecular weight is 342 g/mol. The van der Waals surface area contributed by atoms with Crippen molar-refractivity contribution in [2.45, 2.75) is 26.2 Å². The van der Waals surface area contributed by atoms with Gasteiger partial charge in [-0.3, -0.25) is 0 Å². The number of nitriles is 2. The molecule has 0 spiro atoms. The molecule has 1 heterocycles. The van der Waals surface area contributed by atoms with Gasteiger partial charge in [0.05, 0.1) is 0 Å². The second-order valence-electron chi connectivity index (χ2n) is 6.95. The molecule has 3 rings (SSSR count). The van der Waals surface area contributed by atoms with Crippen molar-refractivity contribution in [3.8, 4) is 23.6 Å². The standard InChI is InChI=1S/C21H18N4O/c1-21(2,3)16-6-4-15(5-7-16)20-25-18-9-8-17(10-19(18)26-20)24-13-14(11-22)12-23/h4-10,13,24H,1-3H3. The summed E-state index contributed by atoms with van der Waals surface area (Å²) >= 11 is 0. The van der Waals surface area contributed by atoms with E-state index in [-0.39, 0.29) is 11.0 Å².